The summed E-state index contributed by atoms with van der Waals surface area (Å²) in [5.41, 5.74) is 1.44. The van der Waals surface area contributed by atoms with Crippen LogP contribution in [0, 0.1) is 13.8 Å². The molecule has 0 radical (unpaired) electrons. The fourth-order valence-corrected chi connectivity index (χ4v) is 5.63. The summed E-state index contributed by atoms with van der Waals surface area (Å²) in [5.74, 6) is 0.563. The minimum atomic E-state index is -3.62. The van der Waals surface area contributed by atoms with Gasteiger partial charge >= 0.3 is 0 Å². The normalized spacial score (nSPS) is 23.1. The first kappa shape index (κ1) is 17.2. The van der Waals surface area contributed by atoms with E-state index < -0.39 is 15.6 Å². The molecule has 2 aromatic carbocycles. The Bertz CT molecular complexity index is 999. The van der Waals surface area contributed by atoms with E-state index in [2.05, 4.69) is 0 Å². The Morgan fingerprint density at radius 2 is 1.88 bits per heavy atom. The molecule has 0 bridgehead atoms. The second-order valence-electron chi connectivity index (χ2n) is 7.24. The molecule has 2 aliphatic heterocycles. The van der Waals surface area contributed by atoms with E-state index in [1.54, 1.807) is 25.1 Å². The van der Waals surface area contributed by atoms with Gasteiger partial charge in [-0.05, 0) is 43.2 Å². The molecular formula is C20H21NO4S. The van der Waals surface area contributed by atoms with Gasteiger partial charge < -0.3 is 4.74 Å². The van der Waals surface area contributed by atoms with Crippen LogP contribution in [0.2, 0.25) is 0 Å². The minimum Gasteiger partial charge on any atom is -0.485 e. The van der Waals surface area contributed by atoms with Gasteiger partial charge in [-0.2, -0.15) is 4.31 Å². The Morgan fingerprint density at radius 1 is 1.12 bits per heavy atom. The van der Waals surface area contributed by atoms with E-state index in [0.717, 1.165) is 11.1 Å². The van der Waals surface area contributed by atoms with E-state index in [9.17, 15) is 13.2 Å². The van der Waals surface area contributed by atoms with Gasteiger partial charge in [0.2, 0.25) is 10.0 Å². The van der Waals surface area contributed by atoms with Crippen LogP contribution in [0.1, 0.15) is 34.3 Å². The molecule has 1 spiro atoms. The molecular weight excluding hydrogens is 350 g/mol. The Morgan fingerprint density at radius 3 is 2.69 bits per heavy atom. The van der Waals surface area contributed by atoms with Gasteiger partial charge in [0.15, 0.2) is 5.78 Å². The number of hydrogen-bond acceptors (Lipinski definition) is 4. The number of nitrogens with zero attached hydrogens (tertiary/aromatic N) is 1. The zero-order chi connectivity index (χ0) is 18.5. The molecule has 0 aliphatic carbocycles. The fourth-order valence-electron chi connectivity index (χ4n) is 3.81. The Balaban J connectivity index is 1.65. The first-order valence-corrected chi connectivity index (χ1v) is 10.1. The minimum absolute atomic E-state index is 0.0119. The average Bonchev–Trinajstić information content (AvgIpc) is 3.01. The molecule has 0 aromatic heterocycles. The number of Topliss-reactive ketones (excluding diaryl/α,β-unsaturated/α-hetero) is 1. The fraction of sp³-hybridized carbons (Fsp3) is 0.350. The van der Waals surface area contributed by atoms with Crippen LogP contribution in [0.4, 0.5) is 0 Å². The summed E-state index contributed by atoms with van der Waals surface area (Å²) in [6.45, 7) is 4.23. The smallest absolute Gasteiger partial charge is 0.243 e. The number of hydrogen-bond donors (Lipinski definition) is 0. The predicted molar refractivity (Wildman–Crippen MR) is 98.0 cm³/mol. The molecule has 1 saturated heterocycles. The highest BCUT2D eigenvalue weighted by Gasteiger charge is 2.49. The predicted octanol–water partition coefficient (Wildman–Crippen LogP) is 3.10. The summed E-state index contributed by atoms with van der Waals surface area (Å²) < 4.78 is 33.9. The zero-order valence-corrected chi connectivity index (χ0v) is 15.7. The molecule has 2 aliphatic rings. The van der Waals surface area contributed by atoms with Crippen molar-refractivity contribution in [2.45, 2.75) is 37.2 Å². The molecule has 0 amide bonds. The van der Waals surface area contributed by atoms with E-state index in [-0.39, 0.29) is 18.7 Å². The summed E-state index contributed by atoms with van der Waals surface area (Å²) in [4.78, 5) is 12.9. The van der Waals surface area contributed by atoms with Crippen LogP contribution in [0.25, 0.3) is 0 Å². The molecule has 1 atom stereocenters. The highest BCUT2D eigenvalue weighted by molar-refractivity contribution is 7.89. The van der Waals surface area contributed by atoms with E-state index in [1.165, 1.54) is 4.31 Å². The van der Waals surface area contributed by atoms with E-state index in [0.29, 0.717) is 29.2 Å². The number of benzene rings is 2. The number of fused-ring (bicyclic) bond motifs is 1. The van der Waals surface area contributed by atoms with Crippen molar-refractivity contribution in [1.29, 1.82) is 0 Å². The SMILES string of the molecule is Cc1ccc(C)c(S(=O)(=O)N2CCC3(CC(=O)c4ccccc4O3)C2)c1. The maximum Gasteiger partial charge on any atom is 0.243 e. The number of sulfonamides is 1. The summed E-state index contributed by atoms with van der Waals surface area (Å²) in [6.07, 6.45) is 0.722. The molecule has 0 N–H and O–H groups in total. The van der Waals surface area contributed by atoms with Crippen molar-refractivity contribution in [1.82, 2.24) is 4.31 Å². The summed E-state index contributed by atoms with van der Waals surface area (Å²) in [6, 6.07) is 12.6. The standard InChI is InChI=1S/C20H21NO4S/c1-14-7-8-15(2)19(11-14)26(23,24)21-10-9-20(13-21)12-17(22)16-5-3-4-6-18(16)25-20/h3-8,11H,9-10,12-13H2,1-2H3. The Hall–Kier alpha value is -2.18. The van der Waals surface area contributed by atoms with Crippen molar-refractivity contribution >= 4 is 15.8 Å². The van der Waals surface area contributed by atoms with E-state index >= 15 is 0 Å². The number of carbonyl (C=O) groups excluding carboxylic acids is 1. The molecule has 2 heterocycles. The molecule has 1 fully saturated rings. The molecule has 136 valence electrons. The van der Waals surface area contributed by atoms with Crippen LogP contribution in [0.5, 0.6) is 5.75 Å². The highest BCUT2D eigenvalue weighted by atomic mass is 32.2. The van der Waals surface area contributed by atoms with Crippen LogP contribution >= 0.6 is 0 Å². The lowest BCUT2D eigenvalue weighted by Gasteiger charge is -2.34. The van der Waals surface area contributed by atoms with E-state index in [1.807, 2.05) is 31.2 Å². The van der Waals surface area contributed by atoms with Gasteiger partial charge in [0.1, 0.15) is 11.4 Å². The molecule has 5 nitrogen and oxygen atoms in total. The lowest BCUT2D eigenvalue weighted by atomic mass is 9.89. The van der Waals surface area contributed by atoms with Crippen molar-refractivity contribution in [3.05, 3.63) is 59.2 Å². The third-order valence-electron chi connectivity index (χ3n) is 5.24. The van der Waals surface area contributed by atoms with Gasteiger partial charge in [-0.15, -0.1) is 0 Å². The third kappa shape index (κ3) is 2.73. The molecule has 4 rings (SSSR count). The highest BCUT2D eigenvalue weighted by Crippen LogP contribution is 2.40. The number of ether oxygens (including phenoxy) is 1. The number of carbonyl (C=O) groups is 1. The van der Waals surface area contributed by atoms with Crippen molar-refractivity contribution in [2.24, 2.45) is 0 Å². The quantitative estimate of drug-likeness (QED) is 0.814. The maximum absolute atomic E-state index is 13.1. The van der Waals surface area contributed by atoms with Crippen molar-refractivity contribution in [3.63, 3.8) is 0 Å². The van der Waals surface area contributed by atoms with Crippen LogP contribution in [0.15, 0.2) is 47.4 Å². The van der Waals surface area contributed by atoms with Crippen LogP contribution in [-0.4, -0.2) is 37.2 Å². The molecule has 1 unspecified atom stereocenters. The first-order chi connectivity index (χ1) is 12.3. The van der Waals surface area contributed by atoms with Gasteiger partial charge in [0.05, 0.1) is 23.4 Å². The monoisotopic (exact) mass is 371 g/mol. The molecule has 0 saturated carbocycles. The lowest BCUT2D eigenvalue weighted by molar-refractivity contribution is 0.0498. The average molecular weight is 371 g/mol. The van der Waals surface area contributed by atoms with E-state index in [4.69, 9.17) is 4.74 Å². The van der Waals surface area contributed by atoms with Crippen molar-refractivity contribution in [3.8, 4) is 5.75 Å². The van der Waals surface area contributed by atoms with Crippen LogP contribution in [-0.2, 0) is 10.0 Å². The van der Waals surface area contributed by atoms with Gasteiger partial charge in [0, 0.05) is 13.0 Å². The van der Waals surface area contributed by atoms with Crippen molar-refractivity contribution in [2.75, 3.05) is 13.1 Å². The van der Waals surface area contributed by atoms with Gasteiger partial charge in [-0.1, -0.05) is 24.3 Å². The second kappa shape index (κ2) is 5.93. The number of aryl methyl sites for hydroxylation is 2. The molecule has 26 heavy (non-hydrogen) atoms. The zero-order valence-electron chi connectivity index (χ0n) is 14.9. The lowest BCUT2D eigenvalue weighted by Crippen LogP contribution is -2.45. The van der Waals surface area contributed by atoms with Gasteiger partial charge in [-0.25, -0.2) is 8.42 Å². The van der Waals surface area contributed by atoms with Gasteiger partial charge in [0.25, 0.3) is 0 Å². The van der Waals surface area contributed by atoms with Crippen LogP contribution in [0.3, 0.4) is 0 Å². The Kier molecular flexibility index (Phi) is 3.93. The maximum atomic E-state index is 13.1. The summed E-state index contributed by atoms with van der Waals surface area (Å²) >= 11 is 0. The number of para-hydroxylation sites is 1. The largest absolute Gasteiger partial charge is 0.485 e. The molecule has 2 aromatic rings. The molecule has 6 heteroatoms. The number of rotatable bonds is 2. The topological polar surface area (TPSA) is 63.7 Å². The first-order valence-electron chi connectivity index (χ1n) is 8.69. The van der Waals surface area contributed by atoms with Crippen LogP contribution < -0.4 is 4.74 Å². The number of ketones is 1. The second-order valence-corrected chi connectivity index (χ2v) is 9.15. The van der Waals surface area contributed by atoms with Crippen molar-refractivity contribution < 1.29 is 17.9 Å². The third-order valence-corrected chi connectivity index (χ3v) is 7.23. The summed E-state index contributed by atoms with van der Waals surface area (Å²) in [7, 11) is -3.62. The van der Waals surface area contributed by atoms with Gasteiger partial charge in [-0.3, -0.25) is 4.79 Å². The summed E-state index contributed by atoms with van der Waals surface area (Å²) in [5, 5.41) is 0. The Labute approximate surface area is 153 Å².